The molecule has 12 heteroatoms. The van der Waals surface area contributed by atoms with E-state index in [9.17, 15) is 18.4 Å². The van der Waals surface area contributed by atoms with E-state index in [-0.39, 0.29) is 22.0 Å². The van der Waals surface area contributed by atoms with Crippen molar-refractivity contribution in [2.75, 3.05) is 16.4 Å². The molecule has 0 radical (unpaired) electrons. The molecule has 5 nitrogen and oxygen atoms in total. The van der Waals surface area contributed by atoms with Gasteiger partial charge in [-0.05, 0) is 48.0 Å². The Morgan fingerprint density at radius 3 is 2.09 bits per heavy atom. The number of benzene rings is 3. The monoisotopic (exact) mass is 577 g/mol. The van der Waals surface area contributed by atoms with Gasteiger partial charge in [-0.25, -0.2) is 8.78 Å². The Kier molecular flexibility index (Phi) is 7.10. The van der Waals surface area contributed by atoms with Crippen molar-refractivity contribution in [3.63, 3.8) is 0 Å². The van der Waals surface area contributed by atoms with Crippen molar-refractivity contribution in [2.24, 2.45) is 5.92 Å². The third kappa shape index (κ3) is 5.15. The average Bonchev–Trinajstić information content (AvgIpc) is 3.37. The second-order valence-corrected chi connectivity index (χ2v) is 10.5. The molecule has 0 bridgehead atoms. The molecule has 3 aromatic rings. The minimum absolute atomic E-state index is 0.0426. The van der Waals surface area contributed by atoms with E-state index in [1.807, 2.05) is 0 Å². The van der Waals surface area contributed by atoms with Crippen LogP contribution in [0.15, 0.2) is 48.5 Å². The molecule has 4 N–H and O–H groups in total. The van der Waals surface area contributed by atoms with Crippen molar-refractivity contribution >= 4 is 86.9 Å². The smallest absolute Gasteiger partial charge is 0.257 e. The number of carbonyl (C=O) groups excluding carboxylic acids is 2. The number of hydrogen-bond donors (Lipinski definition) is 3. The van der Waals surface area contributed by atoms with Gasteiger partial charge in [0.25, 0.3) is 5.91 Å². The number of nitrogens with two attached hydrogens (primary N) is 1. The van der Waals surface area contributed by atoms with Crippen LogP contribution in [0.25, 0.3) is 0 Å². The summed E-state index contributed by atoms with van der Waals surface area (Å²) in [5, 5.41) is 5.69. The van der Waals surface area contributed by atoms with Crippen molar-refractivity contribution in [1.29, 1.82) is 0 Å². The minimum atomic E-state index is -1.38. The van der Waals surface area contributed by atoms with Crippen LogP contribution in [0.1, 0.15) is 21.8 Å². The summed E-state index contributed by atoms with van der Waals surface area (Å²) in [7, 11) is 0. The van der Waals surface area contributed by atoms with Crippen LogP contribution in [0.5, 0.6) is 0 Å². The first kappa shape index (κ1) is 25.8. The van der Waals surface area contributed by atoms with Crippen LogP contribution in [0.3, 0.4) is 0 Å². The molecule has 1 fully saturated rings. The summed E-state index contributed by atoms with van der Waals surface area (Å²) in [6.45, 7) is 0. The quantitative estimate of drug-likeness (QED) is 0.219. The zero-order valence-electron chi connectivity index (χ0n) is 17.3. The summed E-state index contributed by atoms with van der Waals surface area (Å²) >= 11 is 30.9. The first-order valence-electron chi connectivity index (χ1n) is 9.89. The lowest BCUT2D eigenvalue weighted by atomic mass is 10.1. The first-order valence-corrected chi connectivity index (χ1v) is 11.8. The fraction of sp³-hybridized carbons (Fsp3) is 0.130. The molecule has 0 heterocycles. The van der Waals surface area contributed by atoms with Gasteiger partial charge in [-0.2, -0.15) is 0 Å². The van der Waals surface area contributed by atoms with Gasteiger partial charge in [0.2, 0.25) is 5.91 Å². The van der Waals surface area contributed by atoms with Crippen LogP contribution < -0.4 is 16.4 Å². The van der Waals surface area contributed by atoms with Gasteiger partial charge in [-0.3, -0.25) is 9.59 Å². The normalized spacial score (nSPS) is 18.1. The van der Waals surface area contributed by atoms with Gasteiger partial charge in [0.15, 0.2) is 11.6 Å². The van der Waals surface area contributed by atoms with E-state index in [0.29, 0.717) is 15.6 Å². The third-order valence-electron chi connectivity index (χ3n) is 5.45. The minimum Gasteiger partial charge on any atom is -0.394 e. The van der Waals surface area contributed by atoms with E-state index >= 15 is 0 Å². The number of anilines is 3. The number of alkyl halides is 2. The van der Waals surface area contributed by atoms with Crippen LogP contribution in [0.2, 0.25) is 15.1 Å². The number of nitrogen functional groups attached to an aromatic ring is 1. The van der Waals surface area contributed by atoms with Crippen LogP contribution >= 0.6 is 58.0 Å². The van der Waals surface area contributed by atoms with Crippen LogP contribution in [0, 0.1) is 17.6 Å². The van der Waals surface area contributed by atoms with E-state index in [0.717, 1.165) is 12.1 Å². The highest BCUT2D eigenvalue weighted by Gasteiger charge is 2.67. The number of halogens is 7. The Morgan fingerprint density at radius 2 is 1.46 bits per heavy atom. The van der Waals surface area contributed by atoms with Gasteiger partial charge in [0.05, 0.1) is 26.5 Å². The highest BCUT2D eigenvalue weighted by Crippen LogP contribution is 2.65. The Bertz CT molecular complexity index is 1350. The third-order valence-corrected chi connectivity index (χ3v) is 7.46. The fourth-order valence-electron chi connectivity index (χ4n) is 3.63. The molecule has 1 aliphatic carbocycles. The molecule has 0 aromatic heterocycles. The molecule has 1 unspecified atom stereocenters. The molecular weight excluding hydrogens is 566 g/mol. The van der Waals surface area contributed by atoms with Gasteiger partial charge in [0, 0.05) is 17.3 Å². The van der Waals surface area contributed by atoms with Crippen molar-refractivity contribution in [2.45, 2.75) is 10.3 Å². The van der Waals surface area contributed by atoms with Gasteiger partial charge in [-0.1, -0.05) is 40.9 Å². The molecule has 0 spiro atoms. The molecule has 2 amide bonds. The van der Waals surface area contributed by atoms with Crippen LogP contribution in [-0.2, 0) is 4.79 Å². The molecule has 182 valence electrons. The largest absolute Gasteiger partial charge is 0.394 e. The lowest BCUT2D eigenvalue weighted by Gasteiger charge is -2.11. The maximum Gasteiger partial charge on any atom is 0.257 e. The number of hydrogen-bond acceptors (Lipinski definition) is 3. The van der Waals surface area contributed by atoms with Crippen LogP contribution in [0.4, 0.5) is 25.8 Å². The number of nitrogens with one attached hydrogen (secondary N) is 2. The number of rotatable bonds is 5. The van der Waals surface area contributed by atoms with E-state index in [4.69, 9.17) is 63.7 Å². The maximum absolute atomic E-state index is 13.7. The second-order valence-electron chi connectivity index (χ2n) is 7.79. The van der Waals surface area contributed by atoms with Gasteiger partial charge < -0.3 is 16.4 Å². The van der Waals surface area contributed by atoms with Gasteiger partial charge in [-0.15, -0.1) is 23.2 Å². The summed E-state index contributed by atoms with van der Waals surface area (Å²) in [6.07, 6.45) is 0. The zero-order valence-corrected chi connectivity index (χ0v) is 21.1. The summed E-state index contributed by atoms with van der Waals surface area (Å²) in [5.41, 5.74) is 5.22. The maximum atomic E-state index is 13.7. The molecule has 0 aliphatic heterocycles. The Morgan fingerprint density at radius 1 is 0.829 bits per heavy atom. The first-order chi connectivity index (χ1) is 16.4. The highest BCUT2D eigenvalue weighted by atomic mass is 35.5. The van der Waals surface area contributed by atoms with Crippen molar-refractivity contribution in [3.8, 4) is 0 Å². The SMILES string of the molecule is Nc1c(F)cc(NC(=O)c2cc(NC(=O)[C@H]3C(c4ccc(Cl)c(Cl)c4)C3(Cl)Cl)ccc2Cl)cc1F. The molecule has 0 saturated heterocycles. The van der Waals surface area contributed by atoms with E-state index < -0.39 is 45.3 Å². The standard InChI is InChI=1S/C23H14Cl5F2N3O2/c24-13-4-2-10(6-12(13)21(34)33-11-7-16(29)20(31)17(30)8-11)32-22(35)19-18(23(19,27)28)9-1-3-14(25)15(26)5-9/h1-8,18-19H,31H2,(H,32,35)(H,33,34)/t18?,19-/m1/s1. The average molecular weight is 580 g/mol. The van der Waals surface area contributed by atoms with E-state index in [2.05, 4.69) is 10.6 Å². The Balaban J connectivity index is 1.51. The summed E-state index contributed by atoms with van der Waals surface area (Å²) in [6, 6.07) is 10.8. The summed E-state index contributed by atoms with van der Waals surface area (Å²) < 4.78 is 26.0. The second kappa shape index (κ2) is 9.64. The molecular formula is C23H14Cl5F2N3O2. The van der Waals surface area contributed by atoms with Gasteiger partial charge >= 0.3 is 0 Å². The van der Waals surface area contributed by atoms with Crippen molar-refractivity contribution < 1.29 is 18.4 Å². The Hall–Kier alpha value is -2.29. The van der Waals surface area contributed by atoms with Gasteiger partial charge in [0.1, 0.15) is 10.0 Å². The summed E-state index contributed by atoms with van der Waals surface area (Å²) in [5.74, 6) is -4.66. The zero-order chi connectivity index (χ0) is 25.7. The van der Waals surface area contributed by atoms with Crippen molar-refractivity contribution in [1.82, 2.24) is 0 Å². The lowest BCUT2D eigenvalue weighted by Crippen LogP contribution is -2.18. The predicted molar refractivity (Wildman–Crippen MR) is 136 cm³/mol. The molecule has 1 saturated carbocycles. The molecule has 3 aromatic carbocycles. The Labute approximate surface area is 223 Å². The van der Waals surface area contributed by atoms with E-state index in [1.54, 1.807) is 18.2 Å². The number of carbonyl (C=O) groups is 2. The fourth-order valence-corrected chi connectivity index (χ4v) is 4.96. The number of amides is 2. The summed E-state index contributed by atoms with van der Waals surface area (Å²) in [4.78, 5) is 25.6. The van der Waals surface area contributed by atoms with Crippen molar-refractivity contribution in [3.05, 3.63) is 86.4 Å². The molecule has 2 atom stereocenters. The predicted octanol–water partition coefficient (Wildman–Crippen LogP) is 7.29. The van der Waals surface area contributed by atoms with Crippen LogP contribution in [-0.4, -0.2) is 16.1 Å². The molecule has 1 aliphatic rings. The highest BCUT2D eigenvalue weighted by molar-refractivity contribution is 6.53. The lowest BCUT2D eigenvalue weighted by molar-refractivity contribution is -0.117. The molecule has 4 rings (SSSR count). The van der Waals surface area contributed by atoms with E-state index in [1.165, 1.54) is 18.2 Å². The molecule has 35 heavy (non-hydrogen) atoms. The topological polar surface area (TPSA) is 84.2 Å².